The molecular weight excluding hydrogens is 156 g/mol. The highest BCUT2D eigenvalue weighted by molar-refractivity contribution is 4.55. The van der Waals surface area contributed by atoms with Crippen LogP contribution in [-0.2, 0) is 19.9 Å². The number of hydrogen-bond acceptors (Lipinski definition) is 5. The highest BCUT2D eigenvalue weighted by Gasteiger charge is 2.20. The van der Waals surface area contributed by atoms with Crippen molar-refractivity contribution in [3.05, 3.63) is 0 Å². The Morgan fingerprint density at radius 1 is 1.55 bits per heavy atom. The van der Waals surface area contributed by atoms with E-state index in [1.165, 1.54) is 0 Å². The second-order valence-corrected chi connectivity index (χ2v) is 1.74. The Hall–Kier alpha value is -0.240. The first-order valence-electron chi connectivity index (χ1n) is 3.12. The summed E-state index contributed by atoms with van der Waals surface area (Å²) in [5.74, 6) is 0. The van der Waals surface area contributed by atoms with Crippen molar-refractivity contribution in [2.75, 3.05) is 13.2 Å². The van der Waals surface area contributed by atoms with Crippen LogP contribution in [0.25, 0.3) is 0 Å². The third kappa shape index (κ3) is 4.25. The van der Waals surface area contributed by atoms with Crippen LogP contribution in [0.4, 0.5) is 0 Å². The van der Waals surface area contributed by atoms with E-state index in [0.717, 1.165) is 0 Å². The van der Waals surface area contributed by atoms with Gasteiger partial charge in [-0.1, -0.05) is 0 Å². The van der Waals surface area contributed by atoms with Crippen LogP contribution in [0.2, 0.25) is 0 Å². The van der Waals surface area contributed by atoms with Crippen molar-refractivity contribution < 1.29 is 30.1 Å². The molecule has 0 bridgehead atoms. The Bertz CT molecular complexity index is 81.0. The molecular formula is C5H11O6. The van der Waals surface area contributed by atoms with Gasteiger partial charge in [-0.3, -0.25) is 0 Å². The number of ether oxygens (including phenoxy) is 1. The molecule has 0 rings (SSSR count). The zero-order valence-corrected chi connectivity index (χ0v) is 6.10. The molecule has 0 saturated carbocycles. The van der Waals surface area contributed by atoms with Crippen LogP contribution in [-0.4, -0.2) is 35.8 Å². The number of hydrogen-bond donors (Lipinski definition) is 2. The van der Waals surface area contributed by atoms with Crippen LogP contribution >= 0.6 is 0 Å². The van der Waals surface area contributed by atoms with Crippen molar-refractivity contribution in [1.82, 2.24) is 0 Å². The van der Waals surface area contributed by atoms with E-state index in [9.17, 15) is 5.26 Å². The van der Waals surface area contributed by atoms with Crippen LogP contribution in [0.15, 0.2) is 0 Å². The Kier molecular flexibility index (Phi) is 6.33. The molecule has 6 nitrogen and oxygen atoms in total. The third-order valence-electron chi connectivity index (χ3n) is 0.966. The van der Waals surface area contributed by atoms with Crippen LogP contribution in [0.1, 0.15) is 6.92 Å². The van der Waals surface area contributed by atoms with Gasteiger partial charge in [0.25, 0.3) is 0 Å². The van der Waals surface area contributed by atoms with Crippen molar-refractivity contribution in [3.63, 3.8) is 0 Å². The Labute approximate surface area is 63.8 Å². The summed E-state index contributed by atoms with van der Waals surface area (Å²) in [6, 6.07) is 0. The maximum Gasteiger partial charge on any atom is 0.222 e. The van der Waals surface area contributed by atoms with Gasteiger partial charge < -0.3 is 14.9 Å². The molecule has 0 aromatic carbocycles. The first kappa shape index (κ1) is 10.8. The summed E-state index contributed by atoms with van der Waals surface area (Å²) < 4.78 is 4.68. The van der Waals surface area contributed by atoms with Crippen molar-refractivity contribution in [3.8, 4) is 0 Å². The molecule has 2 N–H and O–H groups in total. The van der Waals surface area contributed by atoms with Gasteiger partial charge in [0.2, 0.25) is 6.29 Å². The van der Waals surface area contributed by atoms with E-state index in [2.05, 4.69) is 14.7 Å². The van der Waals surface area contributed by atoms with Crippen molar-refractivity contribution >= 4 is 0 Å². The molecule has 67 valence electrons. The maximum atomic E-state index is 9.44. The molecule has 0 aliphatic heterocycles. The monoisotopic (exact) mass is 167 g/mol. The summed E-state index contributed by atoms with van der Waals surface area (Å²) in [6.07, 6.45) is -2.51. The lowest BCUT2D eigenvalue weighted by Gasteiger charge is -2.17. The number of aliphatic hydroxyl groups excluding tert-OH is 2. The van der Waals surface area contributed by atoms with E-state index in [4.69, 9.17) is 10.2 Å². The second-order valence-electron chi connectivity index (χ2n) is 1.74. The number of aliphatic hydroxyl groups is 2. The van der Waals surface area contributed by atoms with Gasteiger partial charge in [0.05, 0.1) is 6.61 Å². The van der Waals surface area contributed by atoms with Crippen molar-refractivity contribution in [2.45, 2.75) is 19.3 Å². The second kappa shape index (κ2) is 6.47. The quantitative estimate of drug-likeness (QED) is 0.301. The normalized spacial score (nSPS) is 16.4. The molecule has 0 aromatic heterocycles. The molecule has 0 saturated heterocycles. The van der Waals surface area contributed by atoms with Crippen LogP contribution < -0.4 is 0 Å². The average Bonchev–Trinajstić information content (AvgIpc) is 2.03. The predicted molar refractivity (Wildman–Crippen MR) is 31.4 cm³/mol. The molecule has 2 atom stereocenters. The van der Waals surface area contributed by atoms with Crippen LogP contribution in [0.5, 0.6) is 0 Å². The highest BCUT2D eigenvalue weighted by Crippen LogP contribution is 2.01. The molecule has 0 amide bonds. The van der Waals surface area contributed by atoms with Gasteiger partial charge in [0, 0.05) is 6.61 Å². The van der Waals surface area contributed by atoms with Gasteiger partial charge in [-0.25, -0.2) is 0 Å². The summed E-state index contributed by atoms with van der Waals surface area (Å²) in [7, 11) is 0. The lowest BCUT2D eigenvalue weighted by Crippen LogP contribution is -2.34. The van der Waals surface area contributed by atoms with E-state index < -0.39 is 19.0 Å². The average molecular weight is 167 g/mol. The standard InChI is InChI=1S/C5H11O6/c1-2-9-5(10-11-8)4(7)3-6/h4-7H,2-3H2,1H3. The lowest BCUT2D eigenvalue weighted by molar-refractivity contribution is -0.566. The van der Waals surface area contributed by atoms with E-state index in [-0.39, 0.29) is 6.61 Å². The maximum absolute atomic E-state index is 9.44. The van der Waals surface area contributed by atoms with Gasteiger partial charge in [-0.2, -0.15) is 4.89 Å². The van der Waals surface area contributed by atoms with E-state index in [1.807, 2.05) is 0 Å². The smallest absolute Gasteiger partial charge is 0.222 e. The topological polar surface area (TPSA) is 88.1 Å². The SMILES string of the molecule is CCOC(OO[O])C(O)CO. The predicted octanol–water partition coefficient (Wildman–Crippen LogP) is -1.00. The fourth-order valence-corrected chi connectivity index (χ4v) is 0.492. The van der Waals surface area contributed by atoms with Gasteiger partial charge >= 0.3 is 0 Å². The third-order valence-corrected chi connectivity index (χ3v) is 0.966. The van der Waals surface area contributed by atoms with Crippen LogP contribution in [0, 0.1) is 0 Å². The first-order chi connectivity index (χ1) is 5.26. The summed E-state index contributed by atoms with van der Waals surface area (Å²) in [4.78, 5) is 3.95. The van der Waals surface area contributed by atoms with Gasteiger partial charge in [0.1, 0.15) is 6.10 Å². The van der Waals surface area contributed by atoms with Crippen molar-refractivity contribution in [2.24, 2.45) is 0 Å². The summed E-state index contributed by atoms with van der Waals surface area (Å²) in [5.41, 5.74) is 0. The van der Waals surface area contributed by atoms with Crippen molar-refractivity contribution in [1.29, 1.82) is 0 Å². The van der Waals surface area contributed by atoms with Crippen LogP contribution in [0.3, 0.4) is 0 Å². The minimum atomic E-state index is -1.27. The molecule has 0 aromatic rings. The first-order valence-corrected chi connectivity index (χ1v) is 3.12. The summed E-state index contributed by atoms with van der Waals surface area (Å²) in [6.45, 7) is 1.32. The minimum absolute atomic E-state index is 0.241. The molecule has 0 aliphatic carbocycles. The fourth-order valence-electron chi connectivity index (χ4n) is 0.492. The molecule has 0 aliphatic rings. The van der Waals surface area contributed by atoms with Gasteiger partial charge in [-0.05, 0) is 17.2 Å². The molecule has 1 radical (unpaired) electrons. The molecule has 2 unspecified atom stereocenters. The molecule has 0 fully saturated rings. The summed E-state index contributed by atoms with van der Waals surface area (Å²) >= 11 is 0. The van der Waals surface area contributed by atoms with E-state index >= 15 is 0 Å². The van der Waals surface area contributed by atoms with E-state index in [1.54, 1.807) is 6.92 Å². The Morgan fingerprint density at radius 3 is 2.55 bits per heavy atom. The van der Waals surface area contributed by atoms with Gasteiger partial charge in [0.15, 0.2) is 0 Å². The number of rotatable bonds is 6. The highest BCUT2D eigenvalue weighted by atomic mass is 17.5. The largest absolute Gasteiger partial charge is 0.393 e. The zero-order chi connectivity index (χ0) is 8.69. The lowest BCUT2D eigenvalue weighted by atomic mass is 10.4. The minimum Gasteiger partial charge on any atom is -0.393 e. The molecule has 6 heteroatoms. The molecule has 0 spiro atoms. The Morgan fingerprint density at radius 2 is 2.18 bits per heavy atom. The molecule has 11 heavy (non-hydrogen) atoms. The Balaban J connectivity index is 3.66. The fraction of sp³-hybridized carbons (Fsp3) is 1.00. The van der Waals surface area contributed by atoms with Gasteiger partial charge in [-0.15, -0.1) is 0 Å². The zero-order valence-electron chi connectivity index (χ0n) is 6.10. The van der Waals surface area contributed by atoms with E-state index in [0.29, 0.717) is 0 Å². The molecule has 0 heterocycles. The summed E-state index contributed by atoms with van der Waals surface area (Å²) in [5, 5.41) is 29.7.